The van der Waals surface area contributed by atoms with Gasteiger partial charge in [-0.05, 0) is 65.6 Å². The zero-order valence-electron chi connectivity index (χ0n) is 16.6. The second-order valence-corrected chi connectivity index (χ2v) is 7.86. The normalized spacial score (nSPS) is 16.0. The van der Waals surface area contributed by atoms with E-state index in [0.717, 1.165) is 41.7 Å². The third kappa shape index (κ3) is 6.12. The van der Waals surface area contributed by atoms with Crippen molar-refractivity contribution in [3.05, 3.63) is 64.6 Å². The summed E-state index contributed by atoms with van der Waals surface area (Å²) in [4.78, 5) is 23.1. The van der Waals surface area contributed by atoms with Crippen molar-refractivity contribution >= 4 is 29.0 Å². The number of carbonyl (C=O) groups is 2. The molecule has 0 spiro atoms. The van der Waals surface area contributed by atoms with E-state index in [-0.39, 0.29) is 11.1 Å². The molecule has 152 valence electrons. The lowest BCUT2D eigenvalue weighted by atomic mass is 9.99. The first-order valence-corrected chi connectivity index (χ1v) is 10.6. The number of hydrogen-bond acceptors (Lipinski definition) is 5. The van der Waals surface area contributed by atoms with Gasteiger partial charge in [-0.3, -0.25) is 14.9 Å². The van der Waals surface area contributed by atoms with Crippen LogP contribution < -0.4 is 14.8 Å². The lowest BCUT2D eigenvalue weighted by Gasteiger charge is -2.11. The molecule has 0 unspecified atom stereocenters. The SMILES string of the molecule is CC[C@H](C)c1ccc(OCCCOc2ccc(/C=C3/SC(=O)NC3=O)cc2)cc1. The third-order valence-electron chi connectivity index (χ3n) is 4.71. The standard InChI is InChI=1S/C23H25NO4S/c1-3-16(2)18-7-11-20(12-8-18)28-14-4-13-27-19-9-5-17(6-10-19)15-21-22(25)24-23(26)29-21/h5-12,15-16H,3-4,13-14H2,1-2H3,(H,24,25,26)/b21-15+/t16-/m0/s1. The molecule has 0 aromatic heterocycles. The van der Waals surface area contributed by atoms with Crippen LogP contribution in [0.25, 0.3) is 6.08 Å². The average Bonchev–Trinajstić information content (AvgIpc) is 3.05. The van der Waals surface area contributed by atoms with Crippen molar-refractivity contribution in [3.63, 3.8) is 0 Å². The molecule has 0 saturated carbocycles. The zero-order valence-corrected chi connectivity index (χ0v) is 17.5. The molecule has 0 aliphatic carbocycles. The van der Waals surface area contributed by atoms with Crippen molar-refractivity contribution in [3.8, 4) is 11.5 Å². The van der Waals surface area contributed by atoms with Gasteiger partial charge in [-0.1, -0.05) is 38.1 Å². The second kappa shape index (κ2) is 10.2. The first-order valence-electron chi connectivity index (χ1n) is 9.75. The third-order valence-corrected chi connectivity index (χ3v) is 5.52. The highest BCUT2D eigenvalue weighted by Gasteiger charge is 2.24. The molecule has 1 aliphatic rings. The van der Waals surface area contributed by atoms with Gasteiger partial charge >= 0.3 is 0 Å². The van der Waals surface area contributed by atoms with Crippen LogP contribution in [0.4, 0.5) is 4.79 Å². The fraction of sp³-hybridized carbons (Fsp3) is 0.304. The second-order valence-electron chi connectivity index (χ2n) is 6.85. The number of carbonyl (C=O) groups excluding carboxylic acids is 2. The topological polar surface area (TPSA) is 64.6 Å². The smallest absolute Gasteiger partial charge is 0.290 e. The first kappa shape index (κ1) is 21.0. The molecule has 1 aliphatic heterocycles. The summed E-state index contributed by atoms with van der Waals surface area (Å²) in [6.07, 6.45) is 3.59. The van der Waals surface area contributed by atoms with Crippen LogP contribution in [0, 0.1) is 0 Å². The maximum Gasteiger partial charge on any atom is 0.290 e. The Balaban J connectivity index is 1.39. The van der Waals surface area contributed by atoms with Gasteiger partial charge in [0.1, 0.15) is 11.5 Å². The minimum atomic E-state index is -0.352. The molecule has 6 heteroatoms. The Labute approximate surface area is 175 Å². The average molecular weight is 412 g/mol. The highest BCUT2D eigenvalue weighted by atomic mass is 32.2. The highest BCUT2D eigenvalue weighted by Crippen LogP contribution is 2.26. The largest absolute Gasteiger partial charge is 0.493 e. The summed E-state index contributed by atoms with van der Waals surface area (Å²) < 4.78 is 11.5. The molecule has 2 amide bonds. The van der Waals surface area contributed by atoms with Gasteiger partial charge in [-0.15, -0.1) is 0 Å². The summed E-state index contributed by atoms with van der Waals surface area (Å²) in [6, 6.07) is 15.7. The van der Waals surface area contributed by atoms with E-state index in [9.17, 15) is 9.59 Å². The molecule has 2 aromatic carbocycles. The van der Waals surface area contributed by atoms with E-state index in [1.807, 2.05) is 36.4 Å². The Hall–Kier alpha value is -2.73. The fourth-order valence-corrected chi connectivity index (χ4v) is 3.48. The number of ether oxygens (including phenoxy) is 2. The van der Waals surface area contributed by atoms with Gasteiger partial charge in [0, 0.05) is 6.42 Å². The van der Waals surface area contributed by atoms with Gasteiger partial charge in [-0.25, -0.2) is 0 Å². The molecule has 1 atom stereocenters. The minimum Gasteiger partial charge on any atom is -0.493 e. The van der Waals surface area contributed by atoms with Gasteiger partial charge < -0.3 is 9.47 Å². The van der Waals surface area contributed by atoms with E-state index in [1.165, 1.54) is 5.56 Å². The lowest BCUT2D eigenvalue weighted by Crippen LogP contribution is -2.17. The van der Waals surface area contributed by atoms with Crippen LogP contribution in [0.1, 0.15) is 43.7 Å². The predicted molar refractivity (Wildman–Crippen MR) is 116 cm³/mol. The van der Waals surface area contributed by atoms with Crippen LogP contribution in [0.5, 0.6) is 11.5 Å². The first-order chi connectivity index (χ1) is 14.0. The molecule has 3 rings (SSSR count). The number of thioether (sulfide) groups is 1. The molecule has 0 radical (unpaired) electrons. The molecule has 5 nitrogen and oxygen atoms in total. The van der Waals surface area contributed by atoms with Gasteiger partial charge in [-0.2, -0.15) is 0 Å². The Morgan fingerprint density at radius 1 is 0.966 bits per heavy atom. The van der Waals surface area contributed by atoms with Crippen LogP contribution in [0.3, 0.4) is 0 Å². The van der Waals surface area contributed by atoms with Gasteiger partial charge in [0.15, 0.2) is 0 Å². The Bertz CT molecular complexity index is 875. The van der Waals surface area contributed by atoms with Crippen molar-refractivity contribution in [1.29, 1.82) is 0 Å². The number of amides is 2. The predicted octanol–water partition coefficient (Wildman–Crippen LogP) is 5.37. The van der Waals surface area contributed by atoms with Gasteiger partial charge in [0.05, 0.1) is 18.1 Å². The maximum absolute atomic E-state index is 11.6. The van der Waals surface area contributed by atoms with E-state index >= 15 is 0 Å². The molecule has 2 aromatic rings. The summed E-state index contributed by atoms with van der Waals surface area (Å²) in [5.41, 5.74) is 2.18. The van der Waals surface area contributed by atoms with Gasteiger partial charge in [0.25, 0.3) is 11.1 Å². The number of benzene rings is 2. The molecule has 29 heavy (non-hydrogen) atoms. The van der Waals surface area contributed by atoms with Crippen molar-refractivity contribution in [2.75, 3.05) is 13.2 Å². The Morgan fingerprint density at radius 3 is 2.07 bits per heavy atom. The summed E-state index contributed by atoms with van der Waals surface area (Å²) in [5, 5.41) is 1.90. The van der Waals surface area contributed by atoms with E-state index < -0.39 is 0 Å². The van der Waals surface area contributed by atoms with Crippen molar-refractivity contribution in [1.82, 2.24) is 5.32 Å². The summed E-state index contributed by atoms with van der Waals surface area (Å²) in [5.74, 6) is 1.85. The molecule has 1 saturated heterocycles. The molecule has 1 fully saturated rings. The maximum atomic E-state index is 11.6. The molecule has 1 heterocycles. The van der Waals surface area contributed by atoms with Crippen molar-refractivity contribution < 1.29 is 19.1 Å². The molecular formula is C23H25NO4S. The quantitative estimate of drug-likeness (QED) is 0.444. The Morgan fingerprint density at radius 2 is 1.55 bits per heavy atom. The van der Waals surface area contributed by atoms with Crippen LogP contribution in [-0.4, -0.2) is 24.4 Å². The minimum absolute atomic E-state index is 0.338. The van der Waals surface area contributed by atoms with Crippen LogP contribution in [0.15, 0.2) is 53.4 Å². The molecule has 1 N–H and O–H groups in total. The van der Waals surface area contributed by atoms with E-state index in [1.54, 1.807) is 6.08 Å². The number of nitrogens with one attached hydrogen (secondary N) is 1. The summed E-state index contributed by atoms with van der Waals surface area (Å²) >= 11 is 0.910. The van der Waals surface area contributed by atoms with Gasteiger partial charge in [0.2, 0.25) is 0 Å². The fourth-order valence-electron chi connectivity index (χ4n) is 2.80. The lowest BCUT2D eigenvalue weighted by molar-refractivity contribution is -0.115. The van der Waals surface area contributed by atoms with Crippen LogP contribution >= 0.6 is 11.8 Å². The summed E-state index contributed by atoms with van der Waals surface area (Å²) in [6.45, 7) is 5.56. The number of hydrogen-bond donors (Lipinski definition) is 1. The number of rotatable bonds is 9. The van der Waals surface area contributed by atoms with E-state index in [0.29, 0.717) is 24.0 Å². The highest BCUT2D eigenvalue weighted by molar-refractivity contribution is 8.18. The zero-order chi connectivity index (χ0) is 20.6. The Kier molecular flexibility index (Phi) is 7.36. The summed E-state index contributed by atoms with van der Waals surface area (Å²) in [7, 11) is 0. The number of imide groups is 1. The van der Waals surface area contributed by atoms with Crippen molar-refractivity contribution in [2.45, 2.75) is 32.6 Å². The van der Waals surface area contributed by atoms with Crippen molar-refractivity contribution in [2.24, 2.45) is 0 Å². The molecule has 0 bridgehead atoms. The van der Waals surface area contributed by atoms with Crippen LogP contribution in [-0.2, 0) is 4.79 Å². The van der Waals surface area contributed by atoms with E-state index in [2.05, 4.69) is 31.3 Å². The van der Waals surface area contributed by atoms with E-state index in [4.69, 9.17) is 9.47 Å². The molecular weight excluding hydrogens is 386 g/mol. The van der Waals surface area contributed by atoms with Crippen LogP contribution in [0.2, 0.25) is 0 Å². The monoisotopic (exact) mass is 411 g/mol.